The Morgan fingerprint density at radius 2 is 2.07 bits per heavy atom. The summed E-state index contributed by atoms with van der Waals surface area (Å²) in [4.78, 5) is 28.3. The third-order valence-electron chi connectivity index (χ3n) is 4.89. The number of anilines is 1. The van der Waals surface area contributed by atoms with Gasteiger partial charge in [-0.25, -0.2) is 10.2 Å². The third kappa shape index (κ3) is 3.80. The summed E-state index contributed by atoms with van der Waals surface area (Å²) in [7, 11) is 0. The van der Waals surface area contributed by atoms with Gasteiger partial charge in [-0.05, 0) is 64.4 Å². The molecular weight excluding hydrogens is 382 g/mol. The van der Waals surface area contributed by atoms with E-state index in [0.717, 1.165) is 40.7 Å². The largest absolute Gasteiger partial charge is 0.444 e. The first-order valence-electron chi connectivity index (χ1n) is 9.88. The number of aromatic nitrogens is 1. The Kier molecular flexibility index (Phi) is 4.85. The van der Waals surface area contributed by atoms with Gasteiger partial charge in [0.05, 0.1) is 23.2 Å². The monoisotopic (exact) mass is 407 g/mol. The molecular formula is C22H25N5O3. The smallest absolute Gasteiger partial charge is 0.412 e. The van der Waals surface area contributed by atoms with E-state index in [9.17, 15) is 9.59 Å². The molecule has 2 aliphatic rings. The van der Waals surface area contributed by atoms with Crippen LogP contribution in [0.3, 0.4) is 0 Å². The van der Waals surface area contributed by atoms with Crippen LogP contribution in [0.2, 0.25) is 0 Å². The SMILES string of the molecule is CC1=C(c2[nH]c3cc(NC(=O)OC(C)(C)C)cc4c3c2C=NNC4=O)NC=CCC1. The molecule has 30 heavy (non-hydrogen) atoms. The molecule has 1 aromatic carbocycles. The number of amides is 2. The molecule has 0 saturated heterocycles. The van der Waals surface area contributed by atoms with E-state index in [4.69, 9.17) is 4.74 Å². The van der Waals surface area contributed by atoms with Crippen molar-refractivity contribution in [1.82, 2.24) is 15.7 Å². The first kappa shape index (κ1) is 19.8. The number of hydrazone groups is 1. The molecule has 0 aliphatic carbocycles. The van der Waals surface area contributed by atoms with Crippen LogP contribution in [-0.2, 0) is 4.74 Å². The molecule has 0 fully saturated rings. The summed E-state index contributed by atoms with van der Waals surface area (Å²) in [6, 6.07) is 3.43. The maximum atomic E-state index is 12.6. The molecule has 0 atom stereocenters. The van der Waals surface area contributed by atoms with Gasteiger partial charge in [0.2, 0.25) is 0 Å². The summed E-state index contributed by atoms with van der Waals surface area (Å²) >= 11 is 0. The van der Waals surface area contributed by atoms with E-state index in [1.807, 2.05) is 6.20 Å². The van der Waals surface area contributed by atoms with E-state index in [1.165, 1.54) is 5.57 Å². The maximum Gasteiger partial charge on any atom is 0.412 e. The molecule has 4 rings (SSSR count). The molecule has 8 nitrogen and oxygen atoms in total. The maximum absolute atomic E-state index is 12.6. The summed E-state index contributed by atoms with van der Waals surface area (Å²) in [5, 5.41) is 10.9. The van der Waals surface area contributed by atoms with Crippen molar-refractivity contribution in [2.24, 2.45) is 5.10 Å². The molecule has 2 amide bonds. The molecule has 8 heteroatoms. The molecule has 3 heterocycles. The Morgan fingerprint density at radius 1 is 1.27 bits per heavy atom. The van der Waals surface area contributed by atoms with E-state index in [0.29, 0.717) is 11.3 Å². The average Bonchev–Trinajstić information content (AvgIpc) is 2.76. The predicted molar refractivity (Wildman–Crippen MR) is 117 cm³/mol. The number of allylic oxidation sites excluding steroid dienone is 2. The minimum absolute atomic E-state index is 0.340. The highest BCUT2D eigenvalue weighted by atomic mass is 16.6. The molecule has 0 saturated carbocycles. The molecule has 0 spiro atoms. The van der Waals surface area contributed by atoms with Gasteiger partial charge in [0.15, 0.2) is 0 Å². The van der Waals surface area contributed by atoms with Crippen molar-refractivity contribution in [3.63, 3.8) is 0 Å². The Morgan fingerprint density at radius 3 is 2.83 bits per heavy atom. The number of hydrogen-bond donors (Lipinski definition) is 4. The van der Waals surface area contributed by atoms with Gasteiger partial charge in [-0.1, -0.05) is 6.08 Å². The summed E-state index contributed by atoms with van der Waals surface area (Å²) in [5.41, 5.74) is 7.35. The van der Waals surface area contributed by atoms with Gasteiger partial charge in [0.1, 0.15) is 5.60 Å². The van der Waals surface area contributed by atoms with Gasteiger partial charge in [-0.3, -0.25) is 10.1 Å². The Hall–Kier alpha value is -3.55. The number of aromatic amines is 1. The number of rotatable bonds is 2. The van der Waals surface area contributed by atoms with Crippen molar-refractivity contribution in [1.29, 1.82) is 0 Å². The van der Waals surface area contributed by atoms with Crippen molar-refractivity contribution in [2.75, 3.05) is 5.32 Å². The van der Waals surface area contributed by atoms with Crippen LogP contribution in [-0.4, -0.2) is 28.8 Å². The highest BCUT2D eigenvalue weighted by Crippen LogP contribution is 2.34. The fraction of sp³-hybridized carbons (Fsp3) is 0.318. The van der Waals surface area contributed by atoms with Crippen LogP contribution < -0.4 is 16.1 Å². The zero-order chi connectivity index (χ0) is 21.5. The lowest BCUT2D eigenvalue weighted by molar-refractivity contribution is 0.0635. The highest BCUT2D eigenvalue weighted by molar-refractivity contribution is 6.17. The van der Waals surface area contributed by atoms with Gasteiger partial charge in [-0.15, -0.1) is 0 Å². The second-order valence-corrected chi connectivity index (χ2v) is 8.43. The quantitative estimate of drug-likeness (QED) is 0.598. The number of nitrogens with zero attached hydrogens (tertiary/aromatic N) is 1. The van der Waals surface area contributed by atoms with Crippen molar-refractivity contribution in [3.8, 4) is 0 Å². The molecule has 0 bridgehead atoms. The van der Waals surface area contributed by atoms with Crippen molar-refractivity contribution in [2.45, 2.75) is 46.1 Å². The van der Waals surface area contributed by atoms with Gasteiger partial charge in [0.25, 0.3) is 5.91 Å². The molecule has 156 valence electrons. The first-order valence-corrected chi connectivity index (χ1v) is 9.88. The Balaban J connectivity index is 1.84. The van der Waals surface area contributed by atoms with Gasteiger partial charge < -0.3 is 15.0 Å². The molecule has 4 N–H and O–H groups in total. The molecule has 1 aromatic heterocycles. The summed E-state index contributed by atoms with van der Waals surface area (Å²) < 4.78 is 5.33. The van der Waals surface area contributed by atoms with E-state index < -0.39 is 11.7 Å². The number of nitrogens with one attached hydrogen (secondary N) is 4. The minimum Gasteiger partial charge on any atom is -0.444 e. The number of carbonyl (C=O) groups excluding carboxylic acids is 2. The second kappa shape index (κ2) is 7.37. The molecule has 2 aliphatic heterocycles. The number of carbonyl (C=O) groups is 2. The zero-order valence-electron chi connectivity index (χ0n) is 17.5. The first-order chi connectivity index (χ1) is 14.2. The Labute approximate surface area is 174 Å². The molecule has 2 aromatic rings. The second-order valence-electron chi connectivity index (χ2n) is 8.43. The number of H-pyrrole nitrogens is 1. The van der Waals surface area contributed by atoms with Crippen LogP contribution in [0.15, 0.2) is 35.1 Å². The lowest BCUT2D eigenvalue weighted by atomic mass is 10.0. The van der Waals surface area contributed by atoms with Crippen LogP contribution >= 0.6 is 0 Å². The fourth-order valence-corrected chi connectivity index (χ4v) is 3.63. The molecule has 0 unspecified atom stereocenters. The van der Waals surface area contributed by atoms with Crippen molar-refractivity contribution >= 4 is 40.5 Å². The molecule has 0 radical (unpaired) electrons. The summed E-state index contributed by atoms with van der Waals surface area (Å²) in [6.07, 6.45) is 6.98. The predicted octanol–water partition coefficient (Wildman–Crippen LogP) is 4.22. The number of benzene rings is 1. The van der Waals surface area contributed by atoms with Crippen LogP contribution in [0.1, 0.15) is 62.2 Å². The normalized spacial score (nSPS) is 16.1. The van der Waals surface area contributed by atoms with Gasteiger partial charge in [-0.2, -0.15) is 5.10 Å². The van der Waals surface area contributed by atoms with Crippen LogP contribution in [0.4, 0.5) is 10.5 Å². The van der Waals surface area contributed by atoms with E-state index in [2.05, 4.69) is 39.1 Å². The summed E-state index contributed by atoms with van der Waals surface area (Å²) in [6.45, 7) is 7.47. The lowest BCUT2D eigenvalue weighted by Crippen LogP contribution is -2.27. The zero-order valence-corrected chi connectivity index (χ0v) is 17.5. The highest BCUT2D eigenvalue weighted by Gasteiger charge is 2.24. The van der Waals surface area contributed by atoms with E-state index in [-0.39, 0.29) is 5.91 Å². The van der Waals surface area contributed by atoms with Gasteiger partial charge in [0, 0.05) is 22.2 Å². The number of hydrogen-bond acceptors (Lipinski definition) is 5. The van der Waals surface area contributed by atoms with E-state index >= 15 is 0 Å². The minimum atomic E-state index is -0.624. The lowest BCUT2D eigenvalue weighted by Gasteiger charge is -2.19. The standard InChI is InChI=1S/C22H25N5O3/c1-12-7-5-6-8-23-18(12)19-15-11-24-27-20(28)14-9-13(10-16(26-19)17(14)15)25-21(29)30-22(2,3)4/h6,8-11,23,26H,5,7H2,1-4H3,(H,25,29)(H,27,28). The number of ether oxygens (including phenoxy) is 1. The Bertz CT molecular complexity index is 1130. The van der Waals surface area contributed by atoms with Crippen molar-refractivity contribution in [3.05, 3.63) is 46.8 Å². The fourth-order valence-electron chi connectivity index (χ4n) is 3.63. The third-order valence-corrected chi connectivity index (χ3v) is 4.89. The van der Waals surface area contributed by atoms with Crippen LogP contribution in [0, 0.1) is 0 Å². The van der Waals surface area contributed by atoms with Gasteiger partial charge >= 0.3 is 6.09 Å². The van der Waals surface area contributed by atoms with Crippen LogP contribution in [0.5, 0.6) is 0 Å². The van der Waals surface area contributed by atoms with E-state index in [1.54, 1.807) is 39.1 Å². The van der Waals surface area contributed by atoms with Crippen LogP contribution in [0.25, 0.3) is 16.6 Å². The van der Waals surface area contributed by atoms with Crippen molar-refractivity contribution < 1.29 is 14.3 Å². The summed E-state index contributed by atoms with van der Waals surface area (Å²) in [5.74, 6) is -0.340. The topological polar surface area (TPSA) is 108 Å². The average molecular weight is 407 g/mol.